The minimum Gasteiger partial charge on any atom is -0.327 e. The Kier molecular flexibility index (Phi) is 5.24. The van der Waals surface area contributed by atoms with Crippen LogP contribution in [0.4, 0.5) is 4.39 Å². The fourth-order valence-electron chi connectivity index (χ4n) is 2.12. The number of likely N-dealkylation sites (N-methyl/N-ethyl adjacent to an activating group) is 1. The Morgan fingerprint density at radius 1 is 1.40 bits per heavy atom. The van der Waals surface area contributed by atoms with Crippen LogP contribution in [-0.4, -0.2) is 40.5 Å². The Morgan fingerprint density at radius 2 is 2.15 bits per heavy atom. The normalized spacial score (nSPS) is 11.7. The minimum absolute atomic E-state index is 0.102. The highest BCUT2D eigenvalue weighted by Gasteiger charge is 2.13. The van der Waals surface area contributed by atoms with E-state index < -0.39 is 5.82 Å². The van der Waals surface area contributed by atoms with E-state index in [-0.39, 0.29) is 5.02 Å². The molecule has 2 rings (SSSR count). The second kappa shape index (κ2) is 6.74. The number of imidazole rings is 1. The molecule has 20 heavy (non-hydrogen) atoms. The van der Waals surface area contributed by atoms with E-state index >= 15 is 0 Å². The molecule has 1 heterocycles. The monoisotopic (exact) mass is 317 g/mol. The first kappa shape index (κ1) is 15.5. The van der Waals surface area contributed by atoms with Crippen molar-refractivity contribution in [3.05, 3.63) is 28.8 Å². The number of alkyl halides is 1. The molecule has 0 radical (unpaired) electrons. The molecule has 110 valence electrons. The average molecular weight is 318 g/mol. The lowest BCUT2D eigenvalue weighted by molar-refractivity contribution is 0.335. The molecule has 0 saturated heterocycles. The van der Waals surface area contributed by atoms with Gasteiger partial charge in [-0.25, -0.2) is 9.37 Å². The molecule has 0 fully saturated rings. The van der Waals surface area contributed by atoms with Crippen molar-refractivity contribution in [1.29, 1.82) is 0 Å². The van der Waals surface area contributed by atoms with Gasteiger partial charge in [0.2, 0.25) is 0 Å². The van der Waals surface area contributed by atoms with E-state index in [0.717, 1.165) is 36.5 Å². The van der Waals surface area contributed by atoms with E-state index in [2.05, 4.69) is 23.9 Å². The molecular formula is C14H18Cl2FN3. The standard InChI is InChI=1S/C14H18Cl2FN3/c1-3-19(2)6-7-20-13-9-11(17)10(16)8-12(13)18-14(20)4-5-15/h8-9H,3-7H2,1-2H3. The molecule has 3 nitrogen and oxygen atoms in total. The largest absolute Gasteiger partial charge is 0.327 e. The Bertz CT molecular complexity index is 598. The fraction of sp³-hybridized carbons (Fsp3) is 0.500. The predicted molar refractivity (Wildman–Crippen MR) is 82.3 cm³/mol. The zero-order valence-electron chi connectivity index (χ0n) is 11.7. The molecular weight excluding hydrogens is 300 g/mol. The molecule has 0 amide bonds. The molecule has 6 heteroatoms. The summed E-state index contributed by atoms with van der Waals surface area (Å²) >= 11 is 11.6. The fourth-order valence-corrected chi connectivity index (χ4v) is 2.45. The summed E-state index contributed by atoms with van der Waals surface area (Å²) in [5.74, 6) is 0.950. The van der Waals surface area contributed by atoms with Crippen LogP contribution in [0.1, 0.15) is 12.7 Å². The minimum atomic E-state index is -0.415. The number of hydrogen-bond acceptors (Lipinski definition) is 2. The van der Waals surface area contributed by atoms with E-state index in [0.29, 0.717) is 12.3 Å². The van der Waals surface area contributed by atoms with Crippen molar-refractivity contribution < 1.29 is 4.39 Å². The topological polar surface area (TPSA) is 21.1 Å². The van der Waals surface area contributed by atoms with Gasteiger partial charge in [0.05, 0.1) is 16.1 Å². The molecule has 0 aliphatic heterocycles. The van der Waals surface area contributed by atoms with Crippen molar-refractivity contribution in [3.63, 3.8) is 0 Å². The van der Waals surface area contributed by atoms with E-state index in [9.17, 15) is 4.39 Å². The Labute approximate surface area is 128 Å². The Hall–Kier alpha value is -0.840. The van der Waals surface area contributed by atoms with Gasteiger partial charge in [0.15, 0.2) is 0 Å². The first-order valence-electron chi connectivity index (χ1n) is 6.65. The van der Waals surface area contributed by atoms with E-state index in [1.807, 2.05) is 4.57 Å². The van der Waals surface area contributed by atoms with Crippen LogP contribution in [0.5, 0.6) is 0 Å². The number of rotatable bonds is 6. The van der Waals surface area contributed by atoms with Crippen LogP contribution >= 0.6 is 23.2 Å². The second-order valence-corrected chi connectivity index (χ2v) is 5.55. The number of hydrogen-bond donors (Lipinski definition) is 0. The van der Waals surface area contributed by atoms with Crippen LogP contribution in [0.3, 0.4) is 0 Å². The quantitative estimate of drug-likeness (QED) is 0.759. The summed E-state index contributed by atoms with van der Waals surface area (Å²) in [4.78, 5) is 6.71. The predicted octanol–water partition coefficient (Wildman–Crippen LogP) is 3.56. The molecule has 0 N–H and O–H groups in total. The highest BCUT2D eigenvalue weighted by molar-refractivity contribution is 6.31. The van der Waals surface area contributed by atoms with Crippen molar-refractivity contribution in [2.75, 3.05) is 26.0 Å². The van der Waals surface area contributed by atoms with Crippen molar-refractivity contribution in [3.8, 4) is 0 Å². The highest BCUT2D eigenvalue weighted by atomic mass is 35.5. The average Bonchev–Trinajstić information content (AvgIpc) is 2.74. The van der Waals surface area contributed by atoms with Gasteiger partial charge in [-0.1, -0.05) is 18.5 Å². The molecule has 0 unspecified atom stereocenters. The first-order valence-corrected chi connectivity index (χ1v) is 7.56. The number of nitrogens with zero attached hydrogens (tertiary/aromatic N) is 3. The third-order valence-corrected chi connectivity index (χ3v) is 3.91. The molecule has 0 saturated carbocycles. The lowest BCUT2D eigenvalue weighted by atomic mass is 10.3. The van der Waals surface area contributed by atoms with Crippen molar-refractivity contribution in [2.45, 2.75) is 19.9 Å². The van der Waals surface area contributed by atoms with E-state index in [4.69, 9.17) is 23.2 Å². The van der Waals surface area contributed by atoms with E-state index in [1.54, 1.807) is 6.07 Å². The highest BCUT2D eigenvalue weighted by Crippen LogP contribution is 2.24. The number of aromatic nitrogens is 2. The Balaban J connectivity index is 2.42. The number of aryl methyl sites for hydroxylation is 1. The van der Waals surface area contributed by atoms with E-state index in [1.165, 1.54) is 6.07 Å². The summed E-state index contributed by atoms with van der Waals surface area (Å²) in [6, 6.07) is 3.03. The van der Waals surface area contributed by atoms with Crippen LogP contribution in [0.2, 0.25) is 5.02 Å². The van der Waals surface area contributed by atoms with Gasteiger partial charge >= 0.3 is 0 Å². The van der Waals surface area contributed by atoms with Crippen LogP contribution in [-0.2, 0) is 13.0 Å². The van der Waals surface area contributed by atoms with Crippen LogP contribution < -0.4 is 0 Å². The zero-order valence-corrected chi connectivity index (χ0v) is 13.2. The molecule has 0 spiro atoms. The zero-order chi connectivity index (χ0) is 14.7. The van der Waals surface area contributed by atoms with Gasteiger partial charge in [-0.3, -0.25) is 0 Å². The summed E-state index contributed by atoms with van der Waals surface area (Å²) < 4.78 is 15.7. The summed E-state index contributed by atoms with van der Waals surface area (Å²) in [5.41, 5.74) is 1.49. The van der Waals surface area contributed by atoms with Crippen molar-refractivity contribution in [1.82, 2.24) is 14.5 Å². The third-order valence-electron chi connectivity index (χ3n) is 3.43. The number of benzene rings is 1. The molecule has 1 aromatic carbocycles. The summed E-state index contributed by atoms with van der Waals surface area (Å²) in [6.45, 7) is 4.71. The van der Waals surface area contributed by atoms with Gasteiger partial charge in [-0.2, -0.15) is 0 Å². The van der Waals surface area contributed by atoms with Crippen molar-refractivity contribution in [2.24, 2.45) is 0 Å². The van der Waals surface area contributed by atoms with Crippen molar-refractivity contribution >= 4 is 34.2 Å². The van der Waals surface area contributed by atoms with Gasteiger partial charge in [0.25, 0.3) is 0 Å². The van der Waals surface area contributed by atoms with Crippen LogP contribution in [0.25, 0.3) is 11.0 Å². The van der Waals surface area contributed by atoms with Crippen LogP contribution in [0, 0.1) is 5.82 Å². The van der Waals surface area contributed by atoms with Gasteiger partial charge < -0.3 is 9.47 Å². The Morgan fingerprint density at radius 3 is 2.80 bits per heavy atom. The molecule has 1 aromatic heterocycles. The maximum Gasteiger partial charge on any atom is 0.144 e. The van der Waals surface area contributed by atoms with Crippen LogP contribution in [0.15, 0.2) is 12.1 Å². The SMILES string of the molecule is CCN(C)CCn1c(CCCl)nc2cc(Cl)c(F)cc21. The summed E-state index contributed by atoms with van der Waals surface area (Å²) in [7, 11) is 2.05. The summed E-state index contributed by atoms with van der Waals surface area (Å²) in [6.07, 6.45) is 0.658. The van der Waals surface area contributed by atoms with Gasteiger partial charge in [0.1, 0.15) is 11.6 Å². The molecule has 2 aromatic rings. The second-order valence-electron chi connectivity index (χ2n) is 4.77. The van der Waals surface area contributed by atoms with Gasteiger partial charge in [-0.05, 0) is 19.7 Å². The van der Waals surface area contributed by atoms with Gasteiger partial charge in [-0.15, -0.1) is 11.6 Å². The summed E-state index contributed by atoms with van der Waals surface area (Å²) in [5, 5.41) is 0.102. The molecule has 0 bridgehead atoms. The van der Waals surface area contributed by atoms with Gasteiger partial charge in [0, 0.05) is 31.5 Å². The lowest BCUT2D eigenvalue weighted by Crippen LogP contribution is -2.23. The number of fused-ring (bicyclic) bond motifs is 1. The maximum atomic E-state index is 13.7. The third kappa shape index (κ3) is 3.25. The first-order chi connectivity index (χ1) is 9.56. The maximum absolute atomic E-state index is 13.7. The lowest BCUT2D eigenvalue weighted by Gasteiger charge is -2.16. The number of halogens is 3. The smallest absolute Gasteiger partial charge is 0.144 e. The molecule has 0 aliphatic carbocycles. The molecule has 0 atom stereocenters. The molecule has 0 aliphatic rings.